The van der Waals surface area contributed by atoms with Crippen molar-refractivity contribution in [3.8, 4) is 0 Å². The number of carbonyl (C=O) groups excluding carboxylic acids is 1. The molecule has 0 aliphatic carbocycles. The van der Waals surface area contributed by atoms with Crippen LogP contribution in [0.15, 0.2) is 29.6 Å². The van der Waals surface area contributed by atoms with Crippen LogP contribution in [0.4, 0.5) is 5.82 Å². The molecule has 3 rings (SSSR count). The minimum absolute atomic E-state index is 0.0305. The van der Waals surface area contributed by atoms with Gasteiger partial charge in [0.05, 0.1) is 12.4 Å². The fourth-order valence-electron chi connectivity index (χ4n) is 2.72. The van der Waals surface area contributed by atoms with Crippen LogP contribution in [0.5, 0.6) is 0 Å². The van der Waals surface area contributed by atoms with Crippen LogP contribution in [0.2, 0.25) is 0 Å². The predicted molar refractivity (Wildman–Crippen MR) is 82.1 cm³/mol. The quantitative estimate of drug-likeness (QED) is 0.819. The molecule has 1 aliphatic heterocycles. The van der Waals surface area contributed by atoms with Crippen LogP contribution in [0, 0.1) is 0 Å². The van der Waals surface area contributed by atoms with Crippen molar-refractivity contribution in [2.45, 2.75) is 23.9 Å². The third-order valence-corrected chi connectivity index (χ3v) is 5.40. The summed E-state index contributed by atoms with van der Waals surface area (Å²) < 4.78 is 30.2. The second kappa shape index (κ2) is 5.78. The van der Waals surface area contributed by atoms with E-state index in [4.69, 9.17) is 0 Å². The van der Waals surface area contributed by atoms with E-state index in [0.29, 0.717) is 25.2 Å². The van der Waals surface area contributed by atoms with E-state index in [1.165, 1.54) is 16.9 Å². The Hall–Kier alpha value is -2.20. The summed E-state index contributed by atoms with van der Waals surface area (Å²) in [5.74, 6) is 0.380. The van der Waals surface area contributed by atoms with Gasteiger partial charge >= 0.3 is 0 Å². The molecule has 1 amide bonds. The molecule has 2 aromatic rings. The van der Waals surface area contributed by atoms with Crippen molar-refractivity contribution < 1.29 is 13.2 Å². The van der Waals surface area contributed by atoms with E-state index < -0.39 is 16.1 Å². The van der Waals surface area contributed by atoms with Crippen molar-refractivity contribution in [1.82, 2.24) is 24.3 Å². The van der Waals surface area contributed by atoms with Crippen molar-refractivity contribution in [2.75, 3.05) is 11.4 Å². The highest BCUT2D eigenvalue weighted by molar-refractivity contribution is 7.89. The number of anilines is 1. The number of piperidine rings is 1. The zero-order chi connectivity index (χ0) is 16.6. The van der Waals surface area contributed by atoms with Crippen LogP contribution < -0.4 is 9.62 Å². The van der Waals surface area contributed by atoms with Gasteiger partial charge in [-0.15, -0.1) is 0 Å². The summed E-state index contributed by atoms with van der Waals surface area (Å²) in [6.07, 6.45) is 4.17. The van der Waals surface area contributed by atoms with Gasteiger partial charge in [-0.1, -0.05) is 0 Å². The SMILES string of the molecule is Cn1nccc1N1CCC[C@H](NS(=O)(=O)c2ccnn2C)C1=O. The summed E-state index contributed by atoms with van der Waals surface area (Å²) >= 11 is 0. The lowest BCUT2D eigenvalue weighted by Crippen LogP contribution is -2.53. The van der Waals surface area contributed by atoms with Crippen molar-refractivity contribution >= 4 is 21.7 Å². The smallest absolute Gasteiger partial charge is 0.258 e. The lowest BCUT2D eigenvalue weighted by molar-refractivity contribution is -0.121. The van der Waals surface area contributed by atoms with Crippen molar-refractivity contribution in [3.63, 3.8) is 0 Å². The summed E-state index contributed by atoms with van der Waals surface area (Å²) in [4.78, 5) is 14.2. The number of nitrogens with zero attached hydrogens (tertiary/aromatic N) is 5. The number of sulfonamides is 1. The maximum atomic E-state index is 12.6. The highest BCUT2D eigenvalue weighted by Gasteiger charge is 2.34. The first kappa shape index (κ1) is 15.7. The zero-order valence-corrected chi connectivity index (χ0v) is 13.7. The summed E-state index contributed by atoms with van der Waals surface area (Å²) in [6, 6.07) is 2.34. The first-order valence-electron chi connectivity index (χ1n) is 7.20. The number of amides is 1. The molecule has 9 nitrogen and oxygen atoms in total. The first-order chi connectivity index (χ1) is 10.9. The number of hydrogen-bond donors (Lipinski definition) is 1. The predicted octanol–water partition coefficient (Wildman–Crippen LogP) is -0.372. The highest BCUT2D eigenvalue weighted by atomic mass is 32.2. The molecule has 2 aromatic heterocycles. The Morgan fingerprint density at radius 1 is 1.17 bits per heavy atom. The van der Waals surface area contributed by atoms with E-state index in [2.05, 4.69) is 14.9 Å². The first-order valence-corrected chi connectivity index (χ1v) is 8.68. The van der Waals surface area contributed by atoms with Gasteiger partial charge in [0.25, 0.3) is 10.0 Å². The molecule has 3 heterocycles. The Bertz CT molecular complexity index is 824. The summed E-state index contributed by atoms with van der Waals surface area (Å²) in [6.45, 7) is 0.544. The van der Waals surface area contributed by atoms with E-state index in [-0.39, 0.29) is 10.9 Å². The van der Waals surface area contributed by atoms with E-state index >= 15 is 0 Å². The van der Waals surface area contributed by atoms with Crippen LogP contribution in [0.25, 0.3) is 0 Å². The third-order valence-electron chi connectivity index (χ3n) is 3.86. The molecule has 1 aliphatic rings. The molecule has 124 valence electrons. The van der Waals surface area contributed by atoms with Crippen molar-refractivity contribution in [1.29, 1.82) is 0 Å². The Morgan fingerprint density at radius 2 is 1.87 bits per heavy atom. The minimum Gasteiger partial charge on any atom is -0.296 e. The largest absolute Gasteiger partial charge is 0.296 e. The van der Waals surface area contributed by atoms with Gasteiger partial charge in [-0.3, -0.25) is 19.1 Å². The summed E-state index contributed by atoms with van der Waals surface area (Å²) in [7, 11) is -0.519. The second-order valence-electron chi connectivity index (χ2n) is 5.41. The molecule has 0 unspecified atom stereocenters. The molecular weight excluding hydrogens is 320 g/mol. The number of aromatic nitrogens is 4. The van der Waals surface area contributed by atoms with Gasteiger partial charge in [0, 0.05) is 26.7 Å². The molecule has 0 spiro atoms. The Labute approximate surface area is 133 Å². The molecule has 0 saturated carbocycles. The number of hydrogen-bond acceptors (Lipinski definition) is 5. The third kappa shape index (κ3) is 2.86. The average molecular weight is 338 g/mol. The molecule has 1 fully saturated rings. The van der Waals surface area contributed by atoms with Gasteiger partial charge in [-0.05, 0) is 18.9 Å². The summed E-state index contributed by atoms with van der Waals surface area (Å²) in [5, 5.41) is 7.93. The van der Waals surface area contributed by atoms with Gasteiger partial charge in [0.1, 0.15) is 11.9 Å². The molecule has 1 atom stereocenters. The van der Waals surface area contributed by atoms with E-state index in [9.17, 15) is 13.2 Å². The Kier molecular flexibility index (Phi) is 3.94. The van der Waals surface area contributed by atoms with Gasteiger partial charge in [-0.25, -0.2) is 8.42 Å². The van der Waals surface area contributed by atoms with Crippen LogP contribution in [-0.4, -0.2) is 46.5 Å². The van der Waals surface area contributed by atoms with E-state index in [0.717, 1.165) is 0 Å². The lowest BCUT2D eigenvalue weighted by atomic mass is 10.1. The maximum absolute atomic E-state index is 12.6. The van der Waals surface area contributed by atoms with Gasteiger partial charge in [-0.2, -0.15) is 14.9 Å². The highest BCUT2D eigenvalue weighted by Crippen LogP contribution is 2.21. The molecule has 23 heavy (non-hydrogen) atoms. The Morgan fingerprint density at radius 3 is 2.48 bits per heavy atom. The topological polar surface area (TPSA) is 102 Å². The van der Waals surface area contributed by atoms with Crippen LogP contribution in [-0.2, 0) is 28.9 Å². The average Bonchev–Trinajstić information content (AvgIpc) is 3.10. The van der Waals surface area contributed by atoms with Crippen LogP contribution in [0.3, 0.4) is 0 Å². The molecule has 10 heteroatoms. The normalized spacial score (nSPS) is 19.3. The van der Waals surface area contributed by atoms with Crippen molar-refractivity contribution in [3.05, 3.63) is 24.5 Å². The van der Waals surface area contributed by atoms with E-state index in [1.54, 1.807) is 35.9 Å². The zero-order valence-electron chi connectivity index (χ0n) is 12.9. The van der Waals surface area contributed by atoms with Gasteiger partial charge in [0.15, 0.2) is 5.03 Å². The summed E-state index contributed by atoms with van der Waals surface area (Å²) in [5.41, 5.74) is 0. The van der Waals surface area contributed by atoms with Crippen LogP contribution >= 0.6 is 0 Å². The van der Waals surface area contributed by atoms with Gasteiger partial charge < -0.3 is 0 Å². The maximum Gasteiger partial charge on any atom is 0.258 e. The monoisotopic (exact) mass is 338 g/mol. The molecule has 0 bridgehead atoms. The standard InChI is InChI=1S/C13H18N6O3S/c1-17-11(5-7-14-17)19-9-3-4-10(13(19)20)16-23(21,22)12-6-8-15-18(12)2/h5-8,10,16H,3-4,9H2,1-2H3/t10-/m0/s1. The number of carbonyl (C=O) groups is 1. The fraction of sp³-hybridized carbons (Fsp3) is 0.462. The molecule has 1 N–H and O–H groups in total. The molecule has 1 saturated heterocycles. The fourth-order valence-corrected chi connectivity index (χ4v) is 4.07. The number of nitrogens with one attached hydrogen (secondary N) is 1. The molecule has 0 radical (unpaired) electrons. The lowest BCUT2D eigenvalue weighted by Gasteiger charge is -2.32. The van der Waals surface area contributed by atoms with E-state index in [1.807, 2.05) is 0 Å². The Balaban J connectivity index is 1.82. The van der Waals surface area contributed by atoms with Crippen molar-refractivity contribution in [2.24, 2.45) is 14.1 Å². The second-order valence-corrected chi connectivity index (χ2v) is 7.07. The van der Waals surface area contributed by atoms with Gasteiger partial charge in [0.2, 0.25) is 5.91 Å². The number of rotatable bonds is 4. The number of aryl methyl sites for hydroxylation is 2. The minimum atomic E-state index is -3.80. The van der Waals surface area contributed by atoms with Crippen LogP contribution in [0.1, 0.15) is 12.8 Å². The molecular formula is C13H18N6O3S. The molecule has 0 aromatic carbocycles.